The lowest BCUT2D eigenvalue weighted by atomic mass is 10.5. The second-order valence-corrected chi connectivity index (χ2v) is 4.78. The summed E-state index contributed by atoms with van der Waals surface area (Å²) in [6.45, 7) is 10.4. The average Bonchev–Trinajstić information content (AvgIpc) is 2.57. The Balaban J connectivity index is 2.92. The van der Waals surface area contributed by atoms with Crippen LogP contribution in [0, 0.1) is 0 Å². The van der Waals surface area contributed by atoms with E-state index in [1.165, 1.54) is 0 Å². The van der Waals surface area contributed by atoms with Gasteiger partial charge in [-0.25, -0.2) is 0 Å². The van der Waals surface area contributed by atoms with Crippen LogP contribution in [-0.2, 0) is 28.4 Å². The van der Waals surface area contributed by atoms with Crippen LogP contribution in [0.25, 0.3) is 0 Å². The molecule has 0 aliphatic heterocycles. The lowest BCUT2D eigenvalue weighted by molar-refractivity contribution is -0.0165. The number of nitrogens with one attached hydrogen (secondary N) is 1. The standard InChI is InChI=1S/C16H35NO6/c1-3-5-18-7-9-20-11-13-22-15-16-23-14-12-21-10-8-19-6-4-17-2/h17H,3-16H2,1-2H3. The Hall–Kier alpha value is -0.280. The van der Waals surface area contributed by atoms with E-state index < -0.39 is 0 Å². The number of hydrogen-bond acceptors (Lipinski definition) is 7. The molecule has 0 fully saturated rings. The molecular weight excluding hydrogens is 302 g/mol. The van der Waals surface area contributed by atoms with E-state index in [9.17, 15) is 0 Å². The van der Waals surface area contributed by atoms with Crippen LogP contribution in [0.2, 0.25) is 0 Å². The van der Waals surface area contributed by atoms with E-state index in [1.54, 1.807) is 0 Å². The van der Waals surface area contributed by atoms with Crippen molar-refractivity contribution >= 4 is 0 Å². The Morgan fingerprint density at radius 2 is 0.783 bits per heavy atom. The summed E-state index contributed by atoms with van der Waals surface area (Å²) in [5, 5.41) is 3.01. The molecule has 0 radical (unpaired) electrons. The van der Waals surface area contributed by atoms with Gasteiger partial charge >= 0.3 is 0 Å². The lowest BCUT2D eigenvalue weighted by Gasteiger charge is -2.08. The smallest absolute Gasteiger partial charge is 0.0701 e. The molecule has 0 atom stereocenters. The zero-order valence-electron chi connectivity index (χ0n) is 14.8. The second kappa shape index (κ2) is 21.7. The highest BCUT2D eigenvalue weighted by Crippen LogP contribution is 1.85. The van der Waals surface area contributed by atoms with E-state index in [0.29, 0.717) is 72.7 Å². The van der Waals surface area contributed by atoms with Crippen LogP contribution < -0.4 is 5.32 Å². The van der Waals surface area contributed by atoms with E-state index in [2.05, 4.69) is 12.2 Å². The van der Waals surface area contributed by atoms with Crippen molar-refractivity contribution in [2.75, 3.05) is 92.9 Å². The van der Waals surface area contributed by atoms with Gasteiger partial charge in [0.05, 0.1) is 72.7 Å². The Bertz CT molecular complexity index is 189. The molecule has 1 N–H and O–H groups in total. The van der Waals surface area contributed by atoms with Crippen molar-refractivity contribution < 1.29 is 28.4 Å². The van der Waals surface area contributed by atoms with Gasteiger partial charge in [0, 0.05) is 13.2 Å². The van der Waals surface area contributed by atoms with Crippen LogP contribution in [0.5, 0.6) is 0 Å². The maximum atomic E-state index is 5.39. The van der Waals surface area contributed by atoms with Gasteiger partial charge in [-0.1, -0.05) is 6.92 Å². The zero-order valence-corrected chi connectivity index (χ0v) is 14.8. The van der Waals surface area contributed by atoms with Crippen LogP contribution in [0.4, 0.5) is 0 Å². The topological polar surface area (TPSA) is 67.4 Å². The molecule has 0 aliphatic carbocycles. The van der Waals surface area contributed by atoms with E-state index in [0.717, 1.165) is 19.6 Å². The molecule has 23 heavy (non-hydrogen) atoms. The van der Waals surface area contributed by atoms with Gasteiger partial charge in [0.2, 0.25) is 0 Å². The summed E-state index contributed by atoms with van der Waals surface area (Å²) in [6, 6.07) is 0. The van der Waals surface area contributed by atoms with Crippen molar-refractivity contribution in [3.8, 4) is 0 Å². The molecule has 0 rings (SSSR count). The minimum Gasteiger partial charge on any atom is -0.379 e. The molecule has 140 valence electrons. The highest BCUT2D eigenvalue weighted by atomic mass is 16.6. The summed E-state index contributed by atoms with van der Waals surface area (Å²) in [4.78, 5) is 0. The van der Waals surface area contributed by atoms with Gasteiger partial charge in [-0.15, -0.1) is 0 Å². The van der Waals surface area contributed by atoms with Gasteiger partial charge < -0.3 is 33.7 Å². The van der Waals surface area contributed by atoms with E-state index >= 15 is 0 Å². The normalized spacial score (nSPS) is 11.2. The first-order valence-electron chi connectivity index (χ1n) is 8.52. The van der Waals surface area contributed by atoms with Crippen molar-refractivity contribution in [2.24, 2.45) is 0 Å². The summed E-state index contributed by atoms with van der Waals surface area (Å²) in [5.74, 6) is 0. The van der Waals surface area contributed by atoms with E-state index in [1.807, 2.05) is 7.05 Å². The van der Waals surface area contributed by atoms with Crippen LogP contribution >= 0.6 is 0 Å². The first-order valence-corrected chi connectivity index (χ1v) is 8.52. The van der Waals surface area contributed by atoms with Gasteiger partial charge in [-0.05, 0) is 13.5 Å². The van der Waals surface area contributed by atoms with Gasteiger partial charge in [-0.2, -0.15) is 0 Å². The van der Waals surface area contributed by atoms with Gasteiger partial charge in [-0.3, -0.25) is 0 Å². The van der Waals surface area contributed by atoms with Crippen LogP contribution in [0.15, 0.2) is 0 Å². The van der Waals surface area contributed by atoms with Crippen LogP contribution in [-0.4, -0.2) is 92.9 Å². The van der Waals surface area contributed by atoms with Gasteiger partial charge in [0.15, 0.2) is 0 Å². The van der Waals surface area contributed by atoms with E-state index in [-0.39, 0.29) is 0 Å². The van der Waals surface area contributed by atoms with Crippen LogP contribution in [0.1, 0.15) is 13.3 Å². The predicted molar refractivity (Wildman–Crippen MR) is 89.1 cm³/mol. The molecule has 0 heterocycles. The number of likely N-dealkylation sites (N-methyl/N-ethyl adjacent to an activating group) is 1. The highest BCUT2D eigenvalue weighted by Gasteiger charge is 1.93. The summed E-state index contributed by atoms with van der Waals surface area (Å²) >= 11 is 0. The maximum Gasteiger partial charge on any atom is 0.0701 e. The summed E-state index contributed by atoms with van der Waals surface area (Å²) in [7, 11) is 1.90. The van der Waals surface area contributed by atoms with Crippen molar-refractivity contribution in [1.29, 1.82) is 0 Å². The third-order valence-electron chi connectivity index (χ3n) is 2.70. The minimum absolute atomic E-state index is 0.571. The SMILES string of the molecule is CCCOCCOCCOCCOCCOCCOCCNC. The molecule has 7 heteroatoms. The average molecular weight is 337 g/mol. The Kier molecular flexibility index (Phi) is 21.5. The molecular formula is C16H35NO6. The van der Waals surface area contributed by atoms with Crippen molar-refractivity contribution in [2.45, 2.75) is 13.3 Å². The summed E-state index contributed by atoms with van der Waals surface area (Å²) < 4.78 is 32.1. The molecule has 0 unspecified atom stereocenters. The van der Waals surface area contributed by atoms with Crippen LogP contribution in [0.3, 0.4) is 0 Å². The molecule has 0 saturated carbocycles. The Morgan fingerprint density at radius 3 is 1.09 bits per heavy atom. The summed E-state index contributed by atoms with van der Waals surface area (Å²) in [5.41, 5.74) is 0. The largest absolute Gasteiger partial charge is 0.379 e. The molecule has 0 aromatic carbocycles. The quantitative estimate of drug-likeness (QED) is 0.328. The fraction of sp³-hybridized carbons (Fsp3) is 1.00. The first kappa shape index (κ1) is 22.7. The fourth-order valence-electron chi connectivity index (χ4n) is 1.52. The van der Waals surface area contributed by atoms with Gasteiger partial charge in [0.25, 0.3) is 0 Å². The fourth-order valence-corrected chi connectivity index (χ4v) is 1.52. The number of hydrogen-bond donors (Lipinski definition) is 1. The zero-order chi connectivity index (χ0) is 16.8. The Morgan fingerprint density at radius 1 is 0.478 bits per heavy atom. The van der Waals surface area contributed by atoms with Crippen molar-refractivity contribution in [3.05, 3.63) is 0 Å². The lowest BCUT2D eigenvalue weighted by Crippen LogP contribution is -2.17. The first-order chi connectivity index (χ1) is 11.4. The number of ether oxygens (including phenoxy) is 6. The molecule has 0 saturated heterocycles. The Labute approximate surface area is 140 Å². The highest BCUT2D eigenvalue weighted by molar-refractivity contribution is 4.38. The third kappa shape index (κ3) is 21.7. The maximum absolute atomic E-state index is 5.39. The molecule has 0 bridgehead atoms. The number of rotatable bonds is 20. The second-order valence-electron chi connectivity index (χ2n) is 4.78. The van der Waals surface area contributed by atoms with Gasteiger partial charge in [0.1, 0.15) is 0 Å². The molecule has 0 aromatic heterocycles. The summed E-state index contributed by atoms with van der Waals surface area (Å²) in [6.07, 6.45) is 1.04. The van der Waals surface area contributed by atoms with Crippen molar-refractivity contribution in [1.82, 2.24) is 5.32 Å². The molecule has 0 amide bonds. The third-order valence-corrected chi connectivity index (χ3v) is 2.70. The van der Waals surface area contributed by atoms with E-state index in [4.69, 9.17) is 28.4 Å². The molecule has 0 spiro atoms. The molecule has 7 nitrogen and oxygen atoms in total. The minimum atomic E-state index is 0.571. The molecule has 0 aromatic rings. The van der Waals surface area contributed by atoms with Crippen molar-refractivity contribution in [3.63, 3.8) is 0 Å². The molecule has 0 aliphatic rings. The predicted octanol–water partition coefficient (Wildman–Crippen LogP) is 0.715. The monoisotopic (exact) mass is 337 g/mol.